The molecule has 1 amide bonds. The van der Waals surface area contributed by atoms with E-state index in [-0.39, 0.29) is 28.8 Å². The van der Waals surface area contributed by atoms with Crippen molar-refractivity contribution in [2.24, 2.45) is 0 Å². The predicted molar refractivity (Wildman–Crippen MR) is 108 cm³/mol. The molecule has 0 unspecified atom stereocenters. The number of imidazole rings is 1. The summed E-state index contributed by atoms with van der Waals surface area (Å²) in [7, 11) is 1.75. The minimum atomic E-state index is -0.286. The second-order valence-corrected chi connectivity index (χ2v) is 7.56. The molecule has 0 radical (unpaired) electrons. The fourth-order valence-corrected chi connectivity index (χ4v) is 4.13. The molecule has 146 valence electrons. The quantitative estimate of drug-likeness (QED) is 0.638. The highest BCUT2D eigenvalue weighted by Crippen LogP contribution is 2.25. The number of carbonyl (C=O) groups excluding carboxylic acids is 1. The number of aromatic nitrogens is 4. The molecular formula is C19H21N5O3S. The molecule has 1 saturated heterocycles. The first-order chi connectivity index (χ1) is 13.6. The van der Waals surface area contributed by atoms with E-state index in [2.05, 4.69) is 15.0 Å². The number of benzene rings is 1. The molecule has 1 fully saturated rings. The third-order valence-corrected chi connectivity index (χ3v) is 5.72. The van der Waals surface area contributed by atoms with Gasteiger partial charge >= 0.3 is 0 Å². The van der Waals surface area contributed by atoms with Gasteiger partial charge in [0.2, 0.25) is 5.91 Å². The van der Waals surface area contributed by atoms with Crippen LogP contribution in [-0.2, 0) is 16.1 Å². The fraction of sp³-hybridized carbons (Fsp3) is 0.368. The molecule has 3 aromatic rings. The third-order valence-electron chi connectivity index (χ3n) is 4.76. The molecule has 1 aliphatic heterocycles. The number of rotatable bonds is 6. The van der Waals surface area contributed by atoms with Gasteiger partial charge in [-0.25, -0.2) is 9.97 Å². The van der Waals surface area contributed by atoms with Gasteiger partial charge in [0.05, 0.1) is 24.7 Å². The summed E-state index contributed by atoms with van der Waals surface area (Å²) in [5.41, 5.74) is 1.35. The van der Waals surface area contributed by atoms with Crippen LogP contribution >= 0.6 is 11.8 Å². The summed E-state index contributed by atoms with van der Waals surface area (Å²) >= 11 is 1.31. The third kappa shape index (κ3) is 3.81. The molecule has 0 bridgehead atoms. The van der Waals surface area contributed by atoms with Crippen molar-refractivity contribution in [2.45, 2.75) is 30.6 Å². The number of carbonyl (C=O) groups is 1. The van der Waals surface area contributed by atoms with Crippen molar-refractivity contribution in [3.05, 3.63) is 47.0 Å². The summed E-state index contributed by atoms with van der Waals surface area (Å²) in [6.45, 7) is 1.31. The van der Waals surface area contributed by atoms with Crippen LogP contribution in [0.3, 0.4) is 0 Å². The SMILES string of the molecule is CN(C(=O)CSc1nc2c(=O)[nH]cnc2n1C[C@@H]1CCCO1)c1ccccc1. The largest absolute Gasteiger partial charge is 0.376 e. The number of nitrogens with zero attached hydrogens (tertiary/aromatic N) is 4. The fourth-order valence-electron chi connectivity index (χ4n) is 3.21. The molecule has 9 heteroatoms. The lowest BCUT2D eigenvalue weighted by Crippen LogP contribution is -2.28. The summed E-state index contributed by atoms with van der Waals surface area (Å²) in [6.07, 6.45) is 3.43. The van der Waals surface area contributed by atoms with Gasteiger partial charge in [0.25, 0.3) is 5.56 Å². The van der Waals surface area contributed by atoms with Crippen molar-refractivity contribution in [3.8, 4) is 0 Å². The Balaban J connectivity index is 1.56. The highest BCUT2D eigenvalue weighted by Gasteiger charge is 2.22. The molecule has 1 atom stereocenters. The minimum Gasteiger partial charge on any atom is -0.376 e. The Morgan fingerprint density at radius 1 is 1.39 bits per heavy atom. The van der Waals surface area contributed by atoms with Crippen LogP contribution in [0.4, 0.5) is 5.69 Å². The lowest BCUT2D eigenvalue weighted by molar-refractivity contribution is -0.115. The average Bonchev–Trinajstić information content (AvgIpc) is 3.36. The number of amides is 1. The number of hydrogen-bond donors (Lipinski definition) is 1. The Labute approximate surface area is 165 Å². The Morgan fingerprint density at radius 3 is 2.96 bits per heavy atom. The summed E-state index contributed by atoms with van der Waals surface area (Å²) in [4.78, 5) is 37.7. The molecule has 1 aromatic carbocycles. The Bertz CT molecular complexity index is 1030. The number of fused-ring (bicyclic) bond motifs is 1. The van der Waals surface area contributed by atoms with Crippen LogP contribution in [0, 0.1) is 0 Å². The number of para-hydroxylation sites is 1. The average molecular weight is 399 g/mol. The Morgan fingerprint density at radius 2 is 2.21 bits per heavy atom. The van der Waals surface area contributed by atoms with Gasteiger partial charge in [-0.3, -0.25) is 9.59 Å². The van der Waals surface area contributed by atoms with Crippen molar-refractivity contribution in [3.63, 3.8) is 0 Å². The molecule has 0 saturated carbocycles. The zero-order valence-corrected chi connectivity index (χ0v) is 16.3. The lowest BCUT2D eigenvalue weighted by Gasteiger charge is -2.17. The Kier molecular flexibility index (Phi) is 5.45. The zero-order valence-electron chi connectivity index (χ0n) is 15.5. The first kappa shape index (κ1) is 18.7. The van der Waals surface area contributed by atoms with E-state index in [4.69, 9.17) is 4.74 Å². The van der Waals surface area contributed by atoms with Crippen LogP contribution in [0.1, 0.15) is 12.8 Å². The van der Waals surface area contributed by atoms with E-state index in [1.807, 2.05) is 34.9 Å². The number of H-pyrrole nitrogens is 1. The highest BCUT2D eigenvalue weighted by atomic mass is 32.2. The monoisotopic (exact) mass is 399 g/mol. The van der Waals surface area contributed by atoms with Crippen molar-refractivity contribution in [2.75, 3.05) is 24.3 Å². The van der Waals surface area contributed by atoms with Gasteiger partial charge in [0.1, 0.15) is 0 Å². The van der Waals surface area contributed by atoms with E-state index in [1.165, 1.54) is 18.1 Å². The van der Waals surface area contributed by atoms with Gasteiger partial charge in [-0.2, -0.15) is 0 Å². The van der Waals surface area contributed by atoms with E-state index < -0.39 is 0 Å². The van der Waals surface area contributed by atoms with E-state index in [9.17, 15) is 9.59 Å². The van der Waals surface area contributed by atoms with Gasteiger partial charge in [-0.15, -0.1) is 0 Å². The normalized spacial score (nSPS) is 16.5. The zero-order chi connectivity index (χ0) is 19.5. The highest BCUT2D eigenvalue weighted by molar-refractivity contribution is 7.99. The summed E-state index contributed by atoms with van der Waals surface area (Å²) in [6, 6.07) is 9.47. The van der Waals surface area contributed by atoms with Crippen LogP contribution < -0.4 is 10.5 Å². The molecule has 1 aliphatic rings. The molecule has 3 heterocycles. The van der Waals surface area contributed by atoms with E-state index in [1.54, 1.807) is 11.9 Å². The number of aromatic amines is 1. The second-order valence-electron chi connectivity index (χ2n) is 6.62. The summed E-state index contributed by atoms with van der Waals surface area (Å²) < 4.78 is 7.63. The van der Waals surface area contributed by atoms with Crippen molar-refractivity contribution in [1.29, 1.82) is 0 Å². The van der Waals surface area contributed by atoms with Crippen molar-refractivity contribution < 1.29 is 9.53 Å². The first-order valence-corrected chi connectivity index (χ1v) is 10.1. The number of thioether (sulfide) groups is 1. The molecule has 28 heavy (non-hydrogen) atoms. The van der Waals surface area contributed by atoms with Gasteiger partial charge in [-0.1, -0.05) is 30.0 Å². The van der Waals surface area contributed by atoms with Gasteiger partial charge in [0.15, 0.2) is 16.3 Å². The maximum atomic E-state index is 12.6. The Hall–Kier alpha value is -2.65. The van der Waals surface area contributed by atoms with Crippen molar-refractivity contribution >= 4 is 34.5 Å². The predicted octanol–water partition coefficient (Wildman–Crippen LogP) is 2.05. The molecular weight excluding hydrogens is 378 g/mol. The first-order valence-electron chi connectivity index (χ1n) is 9.13. The van der Waals surface area contributed by atoms with Crippen LogP contribution in [0.15, 0.2) is 46.6 Å². The smallest absolute Gasteiger partial charge is 0.278 e. The summed E-state index contributed by atoms with van der Waals surface area (Å²) in [5, 5.41) is 0.601. The van der Waals surface area contributed by atoms with E-state index >= 15 is 0 Å². The summed E-state index contributed by atoms with van der Waals surface area (Å²) in [5.74, 6) is 0.159. The molecule has 0 spiro atoms. The van der Waals surface area contributed by atoms with E-state index in [0.717, 1.165) is 25.1 Å². The molecule has 8 nitrogen and oxygen atoms in total. The number of nitrogens with one attached hydrogen (secondary N) is 1. The number of hydrogen-bond acceptors (Lipinski definition) is 6. The minimum absolute atomic E-state index is 0.0474. The number of ether oxygens (including phenoxy) is 1. The molecule has 4 rings (SSSR count). The molecule has 1 N–H and O–H groups in total. The standard InChI is InChI=1S/C19H21N5O3S/c1-23(13-6-3-2-4-7-13)15(25)11-28-19-22-16-17(20-12-21-18(16)26)24(19)10-14-8-5-9-27-14/h2-4,6-7,12,14H,5,8-11H2,1H3,(H,20,21,26)/t14-/m0/s1. The maximum Gasteiger partial charge on any atom is 0.278 e. The number of anilines is 1. The molecule has 0 aliphatic carbocycles. The lowest BCUT2D eigenvalue weighted by atomic mass is 10.2. The van der Waals surface area contributed by atoms with Crippen LogP contribution in [0.5, 0.6) is 0 Å². The molecule has 2 aromatic heterocycles. The van der Waals surface area contributed by atoms with Crippen molar-refractivity contribution in [1.82, 2.24) is 19.5 Å². The second kappa shape index (κ2) is 8.15. The van der Waals surface area contributed by atoms with Crippen LogP contribution in [-0.4, -0.2) is 50.9 Å². The van der Waals surface area contributed by atoms with E-state index in [0.29, 0.717) is 17.3 Å². The van der Waals surface area contributed by atoms with Gasteiger partial charge in [-0.05, 0) is 25.0 Å². The van der Waals surface area contributed by atoms with Crippen LogP contribution in [0.25, 0.3) is 11.2 Å². The van der Waals surface area contributed by atoms with Crippen LogP contribution in [0.2, 0.25) is 0 Å². The maximum absolute atomic E-state index is 12.6. The topological polar surface area (TPSA) is 93.1 Å². The van der Waals surface area contributed by atoms with Gasteiger partial charge < -0.3 is 19.2 Å². The van der Waals surface area contributed by atoms with Gasteiger partial charge in [0, 0.05) is 19.3 Å².